The van der Waals surface area contributed by atoms with Gasteiger partial charge in [0.25, 0.3) is 0 Å². The van der Waals surface area contributed by atoms with Gasteiger partial charge < -0.3 is 14.8 Å². The van der Waals surface area contributed by atoms with Crippen LogP contribution in [-0.2, 0) is 6.54 Å². The number of ether oxygens (including phenoxy) is 2. The second-order valence-electron chi connectivity index (χ2n) is 6.02. The van der Waals surface area contributed by atoms with Crippen LogP contribution >= 0.6 is 11.8 Å². The van der Waals surface area contributed by atoms with Crippen molar-refractivity contribution >= 4 is 11.8 Å². The number of rotatable bonds is 5. The van der Waals surface area contributed by atoms with Crippen molar-refractivity contribution in [3.05, 3.63) is 17.7 Å². The molecule has 3 rings (SSSR count). The first-order chi connectivity index (χ1) is 10.3. The zero-order chi connectivity index (χ0) is 14.7. The third-order valence-corrected chi connectivity index (χ3v) is 5.49. The van der Waals surface area contributed by atoms with E-state index in [0.29, 0.717) is 19.3 Å². The highest BCUT2D eigenvalue weighted by atomic mass is 32.2. The predicted octanol–water partition coefficient (Wildman–Crippen LogP) is 3.85. The van der Waals surface area contributed by atoms with Crippen LogP contribution in [0.25, 0.3) is 0 Å². The molecule has 0 saturated heterocycles. The molecule has 0 unspecified atom stereocenters. The van der Waals surface area contributed by atoms with E-state index < -0.39 is 0 Å². The summed E-state index contributed by atoms with van der Waals surface area (Å²) in [5, 5.41) is 3.71. The molecule has 21 heavy (non-hydrogen) atoms. The Hall–Kier alpha value is -0.870. The smallest absolute Gasteiger partial charge is 0.162 e. The van der Waals surface area contributed by atoms with Crippen LogP contribution in [-0.4, -0.2) is 25.5 Å². The number of fused-ring (bicyclic) bond motifs is 1. The van der Waals surface area contributed by atoms with E-state index in [1.54, 1.807) is 11.8 Å². The molecule has 0 spiro atoms. The van der Waals surface area contributed by atoms with Crippen molar-refractivity contribution in [2.24, 2.45) is 5.92 Å². The monoisotopic (exact) mass is 307 g/mol. The molecule has 1 saturated carbocycles. The number of benzene rings is 1. The van der Waals surface area contributed by atoms with Gasteiger partial charge in [-0.1, -0.05) is 12.8 Å². The summed E-state index contributed by atoms with van der Waals surface area (Å²) in [7, 11) is 0. The SMILES string of the molecule is CSc1cc2c(cc1CN[C@@H](C)C1CCCC1)OCCO2. The van der Waals surface area contributed by atoms with Crippen molar-refractivity contribution in [1.82, 2.24) is 5.32 Å². The van der Waals surface area contributed by atoms with Gasteiger partial charge in [0.05, 0.1) is 0 Å². The highest BCUT2D eigenvalue weighted by Crippen LogP contribution is 2.36. The normalized spacial score (nSPS) is 19.7. The molecule has 1 aromatic rings. The third kappa shape index (κ3) is 3.49. The molecule has 1 fully saturated rings. The van der Waals surface area contributed by atoms with E-state index in [-0.39, 0.29) is 0 Å². The Morgan fingerprint density at radius 1 is 1.19 bits per heavy atom. The lowest BCUT2D eigenvalue weighted by atomic mass is 9.99. The maximum Gasteiger partial charge on any atom is 0.162 e. The molecule has 1 aliphatic heterocycles. The van der Waals surface area contributed by atoms with Crippen molar-refractivity contribution in [3.63, 3.8) is 0 Å². The Morgan fingerprint density at radius 2 is 1.86 bits per heavy atom. The molecule has 1 aromatic carbocycles. The molecule has 3 nitrogen and oxygen atoms in total. The fourth-order valence-electron chi connectivity index (χ4n) is 3.34. The Balaban J connectivity index is 1.68. The summed E-state index contributed by atoms with van der Waals surface area (Å²) in [6, 6.07) is 4.86. The molecular formula is C17H25NO2S. The number of nitrogens with one attached hydrogen (secondary N) is 1. The zero-order valence-corrected chi connectivity index (χ0v) is 13.8. The minimum absolute atomic E-state index is 0.593. The first-order valence-electron chi connectivity index (χ1n) is 7.98. The van der Waals surface area contributed by atoms with Gasteiger partial charge in [-0.05, 0) is 49.6 Å². The number of hydrogen-bond donors (Lipinski definition) is 1. The minimum Gasteiger partial charge on any atom is -0.486 e. The molecule has 1 heterocycles. The van der Waals surface area contributed by atoms with Crippen LogP contribution in [0.15, 0.2) is 17.0 Å². The van der Waals surface area contributed by atoms with E-state index in [0.717, 1.165) is 24.0 Å². The average Bonchev–Trinajstić information content (AvgIpc) is 3.06. The van der Waals surface area contributed by atoms with E-state index in [4.69, 9.17) is 9.47 Å². The fraction of sp³-hybridized carbons (Fsp3) is 0.647. The average molecular weight is 307 g/mol. The topological polar surface area (TPSA) is 30.5 Å². The number of thioether (sulfide) groups is 1. The van der Waals surface area contributed by atoms with E-state index in [2.05, 4.69) is 30.6 Å². The first-order valence-corrected chi connectivity index (χ1v) is 9.20. The Labute approximate surface area is 131 Å². The first kappa shape index (κ1) is 15.0. The Kier molecular flexibility index (Phi) is 4.96. The molecule has 1 atom stereocenters. The maximum atomic E-state index is 5.71. The minimum atomic E-state index is 0.593. The highest BCUT2D eigenvalue weighted by molar-refractivity contribution is 7.98. The molecule has 0 amide bonds. The van der Waals surface area contributed by atoms with Gasteiger partial charge in [-0.2, -0.15) is 0 Å². The molecule has 0 bridgehead atoms. The van der Waals surface area contributed by atoms with Gasteiger partial charge in [-0.15, -0.1) is 11.8 Å². The quantitative estimate of drug-likeness (QED) is 0.837. The molecule has 1 N–H and O–H groups in total. The van der Waals surface area contributed by atoms with Crippen LogP contribution in [0.5, 0.6) is 11.5 Å². The summed E-state index contributed by atoms with van der Waals surface area (Å²) in [6.45, 7) is 4.53. The fourth-order valence-corrected chi connectivity index (χ4v) is 3.95. The Bertz CT molecular complexity index is 486. The van der Waals surface area contributed by atoms with Crippen molar-refractivity contribution in [1.29, 1.82) is 0 Å². The summed E-state index contributed by atoms with van der Waals surface area (Å²) in [6.07, 6.45) is 7.68. The molecule has 0 radical (unpaired) electrons. The lowest BCUT2D eigenvalue weighted by Gasteiger charge is -2.23. The van der Waals surface area contributed by atoms with Crippen LogP contribution in [0.3, 0.4) is 0 Å². The molecular weight excluding hydrogens is 282 g/mol. The van der Waals surface area contributed by atoms with Gasteiger partial charge in [0, 0.05) is 17.5 Å². The largest absolute Gasteiger partial charge is 0.486 e. The van der Waals surface area contributed by atoms with E-state index >= 15 is 0 Å². The number of hydrogen-bond acceptors (Lipinski definition) is 4. The highest BCUT2D eigenvalue weighted by Gasteiger charge is 2.22. The van der Waals surface area contributed by atoms with Crippen molar-refractivity contribution in [2.45, 2.75) is 50.1 Å². The molecule has 0 aromatic heterocycles. The van der Waals surface area contributed by atoms with E-state index in [9.17, 15) is 0 Å². The molecule has 1 aliphatic carbocycles. The third-order valence-electron chi connectivity index (χ3n) is 4.67. The van der Waals surface area contributed by atoms with Gasteiger partial charge >= 0.3 is 0 Å². The van der Waals surface area contributed by atoms with Crippen LogP contribution in [0, 0.1) is 5.92 Å². The lowest BCUT2D eigenvalue weighted by Crippen LogP contribution is -2.32. The predicted molar refractivity (Wildman–Crippen MR) is 87.5 cm³/mol. The van der Waals surface area contributed by atoms with Gasteiger partial charge in [0.1, 0.15) is 13.2 Å². The van der Waals surface area contributed by atoms with Crippen LogP contribution in [0.1, 0.15) is 38.2 Å². The van der Waals surface area contributed by atoms with Crippen molar-refractivity contribution < 1.29 is 9.47 Å². The summed E-state index contributed by atoms with van der Waals surface area (Å²) in [4.78, 5) is 1.28. The molecule has 116 valence electrons. The maximum absolute atomic E-state index is 5.71. The molecule has 2 aliphatic rings. The van der Waals surface area contributed by atoms with Gasteiger partial charge in [-0.3, -0.25) is 0 Å². The Morgan fingerprint density at radius 3 is 2.52 bits per heavy atom. The molecule has 4 heteroatoms. The van der Waals surface area contributed by atoms with Crippen LogP contribution in [0.4, 0.5) is 0 Å². The van der Waals surface area contributed by atoms with Crippen molar-refractivity contribution in [2.75, 3.05) is 19.5 Å². The van der Waals surface area contributed by atoms with E-state index in [1.807, 2.05) is 0 Å². The second kappa shape index (κ2) is 6.93. The zero-order valence-electron chi connectivity index (χ0n) is 13.0. The standard InChI is InChI=1S/C17H25NO2S/c1-12(13-5-3-4-6-13)18-11-14-9-15-16(10-17(14)21-2)20-8-7-19-15/h9-10,12-13,18H,3-8,11H2,1-2H3/t12-/m0/s1. The second-order valence-corrected chi connectivity index (χ2v) is 6.87. The summed E-state index contributed by atoms with van der Waals surface area (Å²) < 4.78 is 11.4. The van der Waals surface area contributed by atoms with Crippen LogP contribution < -0.4 is 14.8 Å². The van der Waals surface area contributed by atoms with Gasteiger partial charge in [0.15, 0.2) is 11.5 Å². The summed E-state index contributed by atoms with van der Waals surface area (Å²) in [5.74, 6) is 2.63. The van der Waals surface area contributed by atoms with Gasteiger partial charge in [0.2, 0.25) is 0 Å². The van der Waals surface area contributed by atoms with Crippen molar-refractivity contribution in [3.8, 4) is 11.5 Å². The van der Waals surface area contributed by atoms with E-state index in [1.165, 1.54) is 36.1 Å². The lowest BCUT2D eigenvalue weighted by molar-refractivity contribution is 0.171. The van der Waals surface area contributed by atoms with Crippen LogP contribution in [0.2, 0.25) is 0 Å². The summed E-state index contributed by atoms with van der Waals surface area (Å²) >= 11 is 1.78. The summed E-state index contributed by atoms with van der Waals surface area (Å²) in [5.41, 5.74) is 1.32. The van der Waals surface area contributed by atoms with Gasteiger partial charge in [-0.25, -0.2) is 0 Å².